The minimum atomic E-state index is -2.49. The van der Waals surface area contributed by atoms with Crippen LogP contribution in [0.2, 0.25) is 0 Å². The molecule has 1 heterocycles. The fraction of sp³-hybridized carbons (Fsp3) is 0.273. The summed E-state index contributed by atoms with van der Waals surface area (Å²) in [6, 6.07) is 13.5. The maximum Gasteiger partial charge on any atom is 0.345 e. The second-order valence-corrected chi connectivity index (χ2v) is 9.67. The number of carboxylic acids is 1. The zero-order chi connectivity index (χ0) is 22.5. The molecule has 0 spiro atoms. The zero-order valence-electron chi connectivity index (χ0n) is 17.4. The number of rotatable bonds is 9. The van der Waals surface area contributed by atoms with Gasteiger partial charge in [-0.1, -0.05) is 18.2 Å². The Balaban J connectivity index is 1.69. The van der Waals surface area contributed by atoms with Gasteiger partial charge in [-0.3, -0.25) is 4.57 Å². The number of ether oxygens (including phenoxy) is 1. The van der Waals surface area contributed by atoms with E-state index in [4.69, 9.17) is 14.4 Å². The molecule has 2 unspecified atom stereocenters. The molecule has 0 bridgehead atoms. The molecule has 0 aliphatic heterocycles. The molecule has 164 valence electrons. The molecule has 0 amide bonds. The van der Waals surface area contributed by atoms with Gasteiger partial charge in [0.25, 0.3) is 0 Å². The highest BCUT2D eigenvalue weighted by atomic mass is 32.1. The second-order valence-electron chi connectivity index (χ2n) is 7.29. The van der Waals surface area contributed by atoms with Crippen molar-refractivity contribution in [1.29, 1.82) is 0 Å². The van der Waals surface area contributed by atoms with Crippen molar-refractivity contribution in [3.05, 3.63) is 59.0 Å². The Kier molecular flexibility index (Phi) is 7.36. The van der Waals surface area contributed by atoms with Crippen LogP contribution in [0.5, 0.6) is 5.75 Å². The monoisotopic (exact) mass is 461 g/mol. The molecule has 0 fully saturated rings. The number of anilines is 1. The lowest BCUT2D eigenvalue weighted by Crippen LogP contribution is -2.30. The Labute approximate surface area is 184 Å². The van der Waals surface area contributed by atoms with Crippen LogP contribution < -0.4 is 9.84 Å². The van der Waals surface area contributed by atoms with Crippen LogP contribution >= 0.6 is 19.4 Å². The molecule has 0 aliphatic rings. The van der Waals surface area contributed by atoms with Gasteiger partial charge in [-0.05, 0) is 62.1 Å². The van der Waals surface area contributed by atoms with Crippen molar-refractivity contribution in [1.82, 2.24) is 0 Å². The minimum Gasteiger partial charge on any atom is -0.477 e. The molecule has 0 aliphatic carbocycles. The number of carbonyl (C=O) groups excluding carboxylic acids is 1. The van der Waals surface area contributed by atoms with Crippen molar-refractivity contribution in [2.75, 3.05) is 5.32 Å². The summed E-state index contributed by atoms with van der Waals surface area (Å²) < 4.78 is 24.5. The Morgan fingerprint density at radius 3 is 2.58 bits per heavy atom. The molecule has 2 atom stereocenters. The first-order valence-electron chi connectivity index (χ1n) is 9.75. The molecular formula is C22H24NO6PS. The topological polar surface area (TPSA) is 102 Å². The van der Waals surface area contributed by atoms with E-state index in [1.807, 2.05) is 18.2 Å². The summed E-state index contributed by atoms with van der Waals surface area (Å²) in [5, 5.41) is 13.0. The summed E-state index contributed by atoms with van der Waals surface area (Å²) in [7, 11) is -2.49. The molecule has 2 aromatic carbocycles. The van der Waals surface area contributed by atoms with E-state index in [1.54, 1.807) is 51.1 Å². The van der Waals surface area contributed by atoms with Gasteiger partial charge >= 0.3 is 11.9 Å². The third-order valence-electron chi connectivity index (χ3n) is 4.33. The maximum absolute atomic E-state index is 12.7. The Morgan fingerprint density at radius 2 is 1.87 bits per heavy atom. The van der Waals surface area contributed by atoms with Crippen LogP contribution in [0.25, 0.3) is 10.1 Å². The van der Waals surface area contributed by atoms with E-state index in [0.29, 0.717) is 11.4 Å². The molecule has 0 radical (unpaired) electrons. The van der Waals surface area contributed by atoms with Crippen molar-refractivity contribution in [3.63, 3.8) is 0 Å². The molecule has 3 aromatic rings. The normalized spacial score (nSPS) is 13.0. The van der Waals surface area contributed by atoms with Gasteiger partial charge in [0, 0.05) is 4.70 Å². The quantitative estimate of drug-likeness (QED) is 0.325. The number of benzene rings is 2. The zero-order valence-corrected chi connectivity index (χ0v) is 19.2. The van der Waals surface area contributed by atoms with Gasteiger partial charge in [-0.25, -0.2) is 9.59 Å². The van der Waals surface area contributed by atoms with E-state index in [-0.39, 0.29) is 23.1 Å². The fourth-order valence-electron chi connectivity index (χ4n) is 2.94. The van der Waals surface area contributed by atoms with E-state index >= 15 is 0 Å². The highest BCUT2D eigenvalue weighted by molar-refractivity contribution is 7.38. The van der Waals surface area contributed by atoms with Gasteiger partial charge in [0.1, 0.15) is 16.7 Å². The average molecular weight is 461 g/mol. The van der Waals surface area contributed by atoms with Gasteiger partial charge in [0.2, 0.25) is 8.03 Å². The summed E-state index contributed by atoms with van der Waals surface area (Å²) >= 11 is 1.20. The predicted molar refractivity (Wildman–Crippen MR) is 123 cm³/mol. The number of aromatic carboxylic acids is 1. The fourth-order valence-corrected chi connectivity index (χ4v) is 4.87. The molecular weight excluding hydrogens is 437 g/mol. The van der Waals surface area contributed by atoms with Gasteiger partial charge in [0.15, 0.2) is 0 Å². The van der Waals surface area contributed by atoms with Crippen molar-refractivity contribution in [2.24, 2.45) is 0 Å². The van der Waals surface area contributed by atoms with Crippen molar-refractivity contribution < 1.29 is 28.5 Å². The van der Waals surface area contributed by atoms with Crippen molar-refractivity contribution >= 4 is 47.1 Å². The Bertz CT molecular complexity index is 1130. The summed E-state index contributed by atoms with van der Waals surface area (Å²) in [4.78, 5) is 23.5. The van der Waals surface area contributed by atoms with E-state index in [0.717, 1.165) is 15.6 Å². The van der Waals surface area contributed by atoms with Crippen LogP contribution in [-0.4, -0.2) is 29.2 Å². The van der Waals surface area contributed by atoms with Crippen LogP contribution in [0.4, 0.5) is 5.69 Å². The lowest BCUT2D eigenvalue weighted by Gasteiger charge is -2.18. The maximum atomic E-state index is 12.7. The number of esters is 1. The lowest BCUT2D eigenvalue weighted by atomic mass is 10.2. The first kappa shape index (κ1) is 22.8. The summed E-state index contributed by atoms with van der Waals surface area (Å²) in [6.07, 6.45) is -0.00940. The molecule has 2 N–H and O–H groups in total. The van der Waals surface area contributed by atoms with E-state index in [1.165, 1.54) is 11.3 Å². The van der Waals surface area contributed by atoms with E-state index in [9.17, 15) is 14.2 Å². The SMILES string of the molecule is CC(C)OC(=O)C(C)Nc1ccccc1O[PH](=O)Cc1ccc2sc(C(=O)O)cc2c1. The third-order valence-corrected chi connectivity index (χ3v) is 6.58. The lowest BCUT2D eigenvalue weighted by molar-refractivity contribution is -0.147. The molecule has 31 heavy (non-hydrogen) atoms. The van der Waals surface area contributed by atoms with Crippen LogP contribution in [0.15, 0.2) is 48.5 Å². The molecule has 9 heteroatoms. The summed E-state index contributed by atoms with van der Waals surface area (Å²) in [5.41, 5.74) is 1.35. The number of carbonyl (C=O) groups is 2. The van der Waals surface area contributed by atoms with Gasteiger partial charge in [-0.2, -0.15) is 0 Å². The highest BCUT2D eigenvalue weighted by Crippen LogP contribution is 2.37. The molecule has 7 nitrogen and oxygen atoms in total. The second kappa shape index (κ2) is 9.98. The number of hydrogen-bond donors (Lipinski definition) is 2. The number of para-hydroxylation sites is 2. The number of thiophene rings is 1. The Morgan fingerprint density at radius 1 is 1.13 bits per heavy atom. The molecule has 3 rings (SSSR count). The Hall–Kier alpha value is -2.83. The predicted octanol–water partition coefficient (Wildman–Crippen LogP) is 5.41. The highest BCUT2D eigenvalue weighted by Gasteiger charge is 2.18. The first-order valence-corrected chi connectivity index (χ1v) is 12.1. The van der Waals surface area contributed by atoms with Gasteiger partial charge in [0.05, 0.1) is 18.0 Å². The van der Waals surface area contributed by atoms with Gasteiger partial charge in [-0.15, -0.1) is 11.3 Å². The largest absolute Gasteiger partial charge is 0.477 e. The van der Waals surface area contributed by atoms with Gasteiger partial charge < -0.3 is 19.7 Å². The minimum absolute atomic E-state index is 0.206. The summed E-state index contributed by atoms with van der Waals surface area (Å²) in [5.74, 6) is -0.960. The number of hydrogen-bond acceptors (Lipinski definition) is 7. The average Bonchev–Trinajstić information content (AvgIpc) is 3.12. The standard InChI is InChI=1S/C22H24NO6PS/c1-13(2)28-22(26)14(3)23-17-6-4-5-7-18(17)29-30(27)12-15-8-9-19-16(10-15)11-20(31-19)21(24)25/h4-11,13-14,23,30H,12H2,1-3H3,(H,24,25). The molecule has 0 saturated carbocycles. The van der Waals surface area contributed by atoms with Crippen molar-refractivity contribution in [2.45, 2.75) is 39.1 Å². The van der Waals surface area contributed by atoms with Crippen LogP contribution in [0.3, 0.4) is 0 Å². The molecule has 1 aromatic heterocycles. The number of nitrogens with one attached hydrogen (secondary N) is 1. The van der Waals surface area contributed by atoms with Crippen LogP contribution in [0, 0.1) is 0 Å². The molecule has 0 saturated heterocycles. The van der Waals surface area contributed by atoms with Crippen LogP contribution in [0.1, 0.15) is 36.0 Å². The number of fused-ring (bicyclic) bond motifs is 1. The third kappa shape index (κ3) is 6.09. The van der Waals surface area contributed by atoms with E-state index in [2.05, 4.69) is 5.32 Å². The van der Waals surface area contributed by atoms with Crippen LogP contribution in [-0.2, 0) is 20.3 Å². The van der Waals surface area contributed by atoms with Crippen molar-refractivity contribution in [3.8, 4) is 5.75 Å². The first-order chi connectivity index (χ1) is 14.7. The summed E-state index contributed by atoms with van der Waals surface area (Å²) in [6.45, 7) is 5.25. The van der Waals surface area contributed by atoms with E-state index < -0.39 is 20.0 Å². The smallest absolute Gasteiger partial charge is 0.345 e. The number of carboxylic acid groups (broad SMARTS) is 1.